The number of rotatable bonds is 1. The molecule has 0 aromatic carbocycles. The second-order valence-corrected chi connectivity index (χ2v) is 6.79. The Balaban J connectivity index is 0. The molecule has 1 rings (SSSR count). The van der Waals surface area contributed by atoms with Gasteiger partial charge in [0, 0.05) is 19.8 Å². The predicted molar refractivity (Wildman–Crippen MR) is 65.1 cm³/mol. The molecule has 0 radical (unpaired) electrons. The number of hydrogen-bond donors (Lipinski definition) is 4. The van der Waals surface area contributed by atoms with E-state index in [0.717, 1.165) is 19.8 Å². The van der Waals surface area contributed by atoms with Gasteiger partial charge >= 0.3 is 7.60 Å². The standard InChI is InChI=1S/C6H10N2.2CH5O3P/c1-3-6-7-4-5-8(6)2;2*1-5(2,3)4/h4-5H,3H2,1-2H3;2*1H3,(H2,2,3,4). The Labute approximate surface area is 106 Å². The van der Waals surface area contributed by atoms with Gasteiger partial charge in [-0.25, -0.2) is 9.55 Å². The van der Waals surface area contributed by atoms with Crippen LogP contribution < -0.4 is 9.46 Å². The molecular weight excluding hydrogens is 282 g/mol. The summed E-state index contributed by atoms with van der Waals surface area (Å²) in [4.78, 5) is 35.1. The molecule has 1 aromatic rings. The Morgan fingerprint density at radius 2 is 1.67 bits per heavy atom. The van der Waals surface area contributed by atoms with Crippen molar-refractivity contribution in [1.29, 1.82) is 0 Å². The van der Waals surface area contributed by atoms with Crippen LogP contribution in [0.2, 0.25) is 0 Å². The van der Waals surface area contributed by atoms with Crippen LogP contribution in [-0.4, -0.2) is 33.0 Å². The topological polar surface area (TPSA) is 138 Å². The first kappa shape index (κ1) is 19.8. The summed E-state index contributed by atoms with van der Waals surface area (Å²) in [5, 5.41) is 0. The molecule has 0 amide bonds. The molecule has 4 N–H and O–H groups in total. The highest BCUT2D eigenvalue weighted by Crippen LogP contribution is 2.26. The Kier molecular flexibility index (Phi) is 9.46. The van der Waals surface area contributed by atoms with Crippen molar-refractivity contribution in [1.82, 2.24) is 4.98 Å². The van der Waals surface area contributed by atoms with E-state index in [0.29, 0.717) is 0 Å². The van der Waals surface area contributed by atoms with Crippen LogP contribution in [0.5, 0.6) is 0 Å². The summed E-state index contributed by atoms with van der Waals surface area (Å²) in [6.07, 6.45) is 5.03. The second kappa shape index (κ2) is 8.58. The van der Waals surface area contributed by atoms with Gasteiger partial charge in [-0.3, -0.25) is 4.57 Å². The number of aromatic nitrogens is 2. The Morgan fingerprint density at radius 3 is 1.78 bits per heavy atom. The lowest BCUT2D eigenvalue weighted by atomic mass is 10.5. The molecule has 18 heavy (non-hydrogen) atoms. The first-order valence-electron chi connectivity index (χ1n) is 4.90. The van der Waals surface area contributed by atoms with Gasteiger partial charge in [0.25, 0.3) is 5.82 Å². The first-order chi connectivity index (χ1) is 7.84. The lowest BCUT2D eigenvalue weighted by molar-refractivity contribution is -0.677. The third-order valence-electron chi connectivity index (χ3n) is 1.31. The van der Waals surface area contributed by atoms with Gasteiger partial charge in [-0.1, -0.05) is 6.92 Å². The molecule has 1 atom stereocenters. The molecule has 10 heteroatoms. The van der Waals surface area contributed by atoms with Crippen molar-refractivity contribution in [3.63, 3.8) is 0 Å². The van der Waals surface area contributed by atoms with Crippen molar-refractivity contribution in [3.05, 3.63) is 18.2 Å². The Hall–Kier alpha value is -0.490. The van der Waals surface area contributed by atoms with Crippen LogP contribution >= 0.6 is 15.2 Å². The fraction of sp³-hybridized carbons (Fsp3) is 0.625. The zero-order valence-corrected chi connectivity index (χ0v) is 12.6. The molecule has 0 aliphatic heterocycles. The molecular formula is C8H20N2O6P2. The van der Waals surface area contributed by atoms with Gasteiger partial charge in [0.2, 0.25) is 0 Å². The summed E-state index contributed by atoms with van der Waals surface area (Å²) in [6.45, 7) is 3.73. The van der Waals surface area contributed by atoms with E-state index in [-0.39, 0.29) is 0 Å². The highest BCUT2D eigenvalue weighted by molar-refractivity contribution is 7.50. The minimum absolute atomic E-state index is 0.743. The van der Waals surface area contributed by atoms with Crippen molar-refractivity contribution in [2.24, 2.45) is 7.05 Å². The highest BCUT2D eigenvalue weighted by atomic mass is 31.2. The molecule has 1 aromatic heterocycles. The van der Waals surface area contributed by atoms with E-state index in [9.17, 15) is 14.0 Å². The summed E-state index contributed by atoms with van der Waals surface area (Å²) >= 11 is 0. The monoisotopic (exact) mass is 302 g/mol. The molecule has 1 heterocycles. The van der Waals surface area contributed by atoms with E-state index in [4.69, 9.17) is 14.7 Å². The van der Waals surface area contributed by atoms with Crippen LogP contribution in [0.3, 0.4) is 0 Å². The number of aryl methyl sites for hydroxylation is 2. The molecule has 0 spiro atoms. The average Bonchev–Trinajstić information content (AvgIpc) is 2.44. The minimum atomic E-state index is -3.89. The van der Waals surface area contributed by atoms with E-state index in [1.807, 2.05) is 19.4 Å². The quantitative estimate of drug-likeness (QED) is 0.402. The molecule has 0 aliphatic rings. The van der Waals surface area contributed by atoms with Crippen molar-refractivity contribution in [2.45, 2.75) is 13.3 Å². The maximum absolute atomic E-state index is 9.33. The van der Waals surface area contributed by atoms with Gasteiger partial charge in [-0.05, 0) is 0 Å². The summed E-state index contributed by atoms with van der Waals surface area (Å²) in [5.74, 6) is 1.27. The first-order valence-corrected chi connectivity index (χ1v) is 8.99. The summed E-state index contributed by atoms with van der Waals surface area (Å²) in [6, 6.07) is 0. The maximum atomic E-state index is 9.33. The third kappa shape index (κ3) is 24.6. The van der Waals surface area contributed by atoms with Crippen LogP contribution in [0.15, 0.2) is 12.4 Å². The van der Waals surface area contributed by atoms with Gasteiger partial charge in [0.15, 0.2) is 0 Å². The molecule has 0 saturated carbocycles. The van der Waals surface area contributed by atoms with Crippen LogP contribution in [0.4, 0.5) is 0 Å². The summed E-state index contributed by atoms with van der Waals surface area (Å²) in [5.41, 5.74) is 0. The van der Waals surface area contributed by atoms with E-state index in [2.05, 4.69) is 16.5 Å². The van der Waals surface area contributed by atoms with Crippen LogP contribution in [0.25, 0.3) is 0 Å². The molecule has 8 nitrogen and oxygen atoms in total. The normalized spacial score (nSPS) is 13.6. The maximum Gasteiger partial charge on any atom is 0.322 e. The van der Waals surface area contributed by atoms with Gasteiger partial charge in [-0.15, -0.1) is 0 Å². The van der Waals surface area contributed by atoms with Crippen molar-refractivity contribution < 1.29 is 33.3 Å². The number of H-pyrrole nitrogens is 1. The number of hydrogen-bond acceptors (Lipinski definition) is 3. The molecule has 0 fully saturated rings. The van der Waals surface area contributed by atoms with Crippen LogP contribution in [0, 0.1) is 0 Å². The van der Waals surface area contributed by atoms with Gasteiger partial charge < -0.3 is 24.1 Å². The second-order valence-electron chi connectivity index (χ2n) is 3.51. The van der Waals surface area contributed by atoms with Crippen LogP contribution in [-0.2, 0) is 22.6 Å². The molecule has 0 saturated heterocycles. The average molecular weight is 302 g/mol. The smallest absolute Gasteiger partial charge is 0.322 e. The van der Waals surface area contributed by atoms with Gasteiger partial charge in [-0.2, -0.15) is 0 Å². The predicted octanol–water partition coefficient (Wildman–Crippen LogP) is -0.643. The minimum Gasteiger partial charge on any atom is -0.779 e. The van der Waals surface area contributed by atoms with Gasteiger partial charge in [0.05, 0.1) is 7.05 Å². The lowest BCUT2D eigenvalue weighted by Gasteiger charge is -2.04. The number of aromatic amines is 1. The highest BCUT2D eigenvalue weighted by Gasteiger charge is 1.99. The fourth-order valence-corrected chi connectivity index (χ4v) is 0.789. The van der Waals surface area contributed by atoms with E-state index < -0.39 is 15.2 Å². The van der Waals surface area contributed by atoms with Crippen molar-refractivity contribution in [3.8, 4) is 0 Å². The summed E-state index contributed by atoms with van der Waals surface area (Å²) in [7, 11) is -5.49. The largest absolute Gasteiger partial charge is 0.779 e. The molecule has 0 bridgehead atoms. The van der Waals surface area contributed by atoms with Crippen LogP contribution in [0.1, 0.15) is 12.7 Å². The SMILES string of the molecule is CCc1[nH]cc[n+]1C.CP(=O)(O)O.CP(=O)([O-])O. The molecule has 1 unspecified atom stereocenters. The summed E-state index contributed by atoms with van der Waals surface area (Å²) < 4.78 is 20.6. The van der Waals surface area contributed by atoms with E-state index >= 15 is 0 Å². The van der Waals surface area contributed by atoms with Crippen molar-refractivity contribution in [2.75, 3.05) is 13.3 Å². The number of nitrogens with one attached hydrogen (secondary N) is 1. The fourth-order valence-electron chi connectivity index (χ4n) is 0.789. The lowest BCUT2D eigenvalue weighted by Crippen LogP contribution is -2.29. The third-order valence-corrected chi connectivity index (χ3v) is 1.31. The van der Waals surface area contributed by atoms with E-state index in [1.54, 1.807) is 0 Å². The van der Waals surface area contributed by atoms with Crippen molar-refractivity contribution >= 4 is 15.2 Å². The Bertz CT molecular complexity index is 384. The number of nitrogens with zero attached hydrogens (tertiary/aromatic N) is 1. The zero-order chi connectivity index (χ0) is 15.0. The zero-order valence-electron chi connectivity index (χ0n) is 10.8. The number of imidazole rings is 1. The Morgan fingerprint density at radius 1 is 1.33 bits per heavy atom. The van der Waals surface area contributed by atoms with E-state index in [1.165, 1.54) is 5.82 Å². The molecule has 0 aliphatic carbocycles. The van der Waals surface area contributed by atoms with Gasteiger partial charge in [0.1, 0.15) is 20.0 Å². The molecule has 108 valence electrons.